The standard InChI is InChI=1S/C20H24O4/c1-14(2)6-5-7-15(3)12-13-23-17-10-8-16-9-11-18(21)24-19(16)20(17)22-4/h6,8-12H,5,7,13H2,1-4H3/b15-12-. The van der Waals surface area contributed by atoms with Crippen LogP contribution in [0.4, 0.5) is 0 Å². The second kappa shape index (κ2) is 8.39. The van der Waals surface area contributed by atoms with Crippen molar-refractivity contribution in [2.75, 3.05) is 13.7 Å². The van der Waals surface area contributed by atoms with Gasteiger partial charge in [0.1, 0.15) is 6.61 Å². The molecule has 0 fully saturated rings. The zero-order valence-electron chi connectivity index (χ0n) is 14.7. The zero-order chi connectivity index (χ0) is 17.5. The quantitative estimate of drug-likeness (QED) is 0.537. The maximum atomic E-state index is 11.4. The predicted molar refractivity (Wildman–Crippen MR) is 97.0 cm³/mol. The van der Waals surface area contributed by atoms with Crippen LogP contribution in [0.5, 0.6) is 11.5 Å². The van der Waals surface area contributed by atoms with Crippen LogP contribution in [0.3, 0.4) is 0 Å². The summed E-state index contributed by atoms with van der Waals surface area (Å²) in [6.07, 6.45) is 6.34. The fourth-order valence-electron chi connectivity index (χ4n) is 2.36. The SMILES string of the molecule is COc1c(OC/C=C(/C)CCC=C(C)C)ccc2ccc(=O)oc12. The van der Waals surface area contributed by atoms with Crippen molar-refractivity contribution in [2.45, 2.75) is 33.6 Å². The molecule has 0 aliphatic rings. The van der Waals surface area contributed by atoms with Crippen molar-refractivity contribution in [2.24, 2.45) is 0 Å². The number of methoxy groups -OCH3 is 1. The minimum atomic E-state index is -0.409. The number of benzene rings is 1. The molecule has 2 aromatic rings. The second-order valence-electron chi connectivity index (χ2n) is 5.95. The summed E-state index contributed by atoms with van der Waals surface area (Å²) in [5.74, 6) is 1.01. The second-order valence-corrected chi connectivity index (χ2v) is 5.95. The van der Waals surface area contributed by atoms with Crippen molar-refractivity contribution < 1.29 is 13.9 Å². The van der Waals surface area contributed by atoms with Gasteiger partial charge in [-0.3, -0.25) is 0 Å². The highest BCUT2D eigenvalue weighted by Gasteiger charge is 2.12. The van der Waals surface area contributed by atoms with Crippen molar-refractivity contribution in [3.8, 4) is 11.5 Å². The number of ether oxygens (including phenoxy) is 2. The lowest BCUT2D eigenvalue weighted by atomic mass is 10.1. The largest absolute Gasteiger partial charge is 0.490 e. The van der Waals surface area contributed by atoms with E-state index in [1.807, 2.05) is 12.1 Å². The number of fused-ring (bicyclic) bond motifs is 1. The van der Waals surface area contributed by atoms with Crippen LogP contribution in [0, 0.1) is 0 Å². The smallest absolute Gasteiger partial charge is 0.336 e. The lowest BCUT2D eigenvalue weighted by molar-refractivity contribution is 0.324. The summed E-state index contributed by atoms with van der Waals surface area (Å²) in [5.41, 5.74) is 2.61. The van der Waals surface area contributed by atoms with E-state index in [0.717, 1.165) is 18.2 Å². The monoisotopic (exact) mass is 328 g/mol. The third-order valence-corrected chi connectivity index (χ3v) is 3.67. The van der Waals surface area contributed by atoms with Crippen LogP contribution in [-0.2, 0) is 0 Å². The average Bonchev–Trinajstić information content (AvgIpc) is 2.54. The van der Waals surface area contributed by atoms with Gasteiger partial charge in [-0.1, -0.05) is 17.2 Å². The molecule has 0 unspecified atom stereocenters. The summed E-state index contributed by atoms with van der Waals surface area (Å²) >= 11 is 0. The van der Waals surface area contributed by atoms with E-state index in [-0.39, 0.29) is 0 Å². The van der Waals surface area contributed by atoms with Gasteiger partial charge < -0.3 is 13.9 Å². The van der Waals surface area contributed by atoms with Gasteiger partial charge in [0.05, 0.1) is 7.11 Å². The molecule has 4 heteroatoms. The molecule has 2 rings (SSSR count). The Morgan fingerprint density at radius 2 is 1.88 bits per heavy atom. The molecule has 0 amide bonds. The van der Waals surface area contributed by atoms with Crippen LogP contribution in [0.1, 0.15) is 33.6 Å². The molecule has 1 heterocycles. The van der Waals surface area contributed by atoms with Gasteiger partial charge >= 0.3 is 5.63 Å². The number of hydrogen-bond donors (Lipinski definition) is 0. The molecule has 0 radical (unpaired) electrons. The van der Waals surface area contributed by atoms with E-state index in [1.165, 1.54) is 24.3 Å². The molecule has 1 aromatic carbocycles. The summed E-state index contributed by atoms with van der Waals surface area (Å²) in [5, 5.41) is 0.798. The summed E-state index contributed by atoms with van der Waals surface area (Å²) in [4.78, 5) is 11.4. The summed E-state index contributed by atoms with van der Waals surface area (Å²) in [6, 6.07) is 6.77. The molecule has 1 aromatic heterocycles. The van der Waals surface area contributed by atoms with Crippen LogP contribution in [0.2, 0.25) is 0 Å². The minimum absolute atomic E-state index is 0.409. The molecular weight excluding hydrogens is 304 g/mol. The Labute approximate surface area is 142 Å². The van der Waals surface area contributed by atoms with Gasteiger partial charge in [-0.25, -0.2) is 4.79 Å². The summed E-state index contributed by atoms with van der Waals surface area (Å²) in [6.45, 7) is 6.75. The van der Waals surface area contributed by atoms with Gasteiger partial charge in [0.2, 0.25) is 5.75 Å². The highest BCUT2D eigenvalue weighted by molar-refractivity contribution is 5.85. The summed E-state index contributed by atoms with van der Waals surface area (Å²) < 4.78 is 16.4. The van der Waals surface area contributed by atoms with E-state index in [4.69, 9.17) is 13.9 Å². The average molecular weight is 328 g/mol. The molecule has 0 aliphatic carbocycles. The lowest BCUT2D eigenvalue weighted by Crippen LogP contribution is -2.00. The molecule has 0 bridgehead atoms. The van der Waals surface area contributed by atoms with Gasteiger partial charge in [0.15, 0.2) is 11.3 Å². The normalized spacial score (nSPS) is 11.4. The van der Waals surface area contributed by atoms with E-state index in [1.54, 1.807) is 6.07 Å². The van der Waals surface area contributed by atoms with Gasteiger partial charge in [-0.05, 0) is 57.9 Å². The van der Waals surface area contributed by atoms with E-state index in [0.29, 0.717) is 23.7 Å². The Morgan fingerprint density at radius 1 is 1.12 bits per heavy atom. The Balaban J connectivity index is 2.10. The fraction of sp³-hybridized carbons (Fsp3) is 0.350. The predicted octanol–water partition coefficient (Wildman–Crippen LogP) is 4.87. The molecular formula is C20H24O4. The minimum Gasteiger partial charge on any atom is -0.490 e. The van der Waals surface area contributed by atoms with Crippen molar-refractivity contribution >= 4 is 11.0 Å². The molecule has 0 saturated heterocycles. The first-order chi connectivity index (χ1) is 11.5. The van der Waals surface area contributed by atoms with Crippen LogP contribution < -0.4 is 15.1 Å². The van der Waals surface area contributed by atoms with Crippen molar-refractivity contribution in [1.29, 1.82) is 0 Å². The Morgan fingerprint density at radius 3 is 2.58 bits per heavy atom. The van der Waals surface area contributed by atoms with Gasteiger partial charge in [-0.2, -0.15) is 0 Å². The first-order valence-corrected chi connectivity index (χ1v) is 8.04. The van der Waals surface area contributed by atoms with Crippen LogP contribution in [0.25, 0.3) is 11.0 Å². The Bertz CT molecular complexity index is 808. The van der Waals surface area contributed by atoms with Crippen LogP contribution in [-0.4, -0.2) is 13.7 Å². The van der Waals surface area contributed by atoms with Gasteiger partial charge in [0.25, 0.3) is 0 Å². The fourth-order valence-corrected chi connectivity index (χ4v) is 2.36. The van der Waals surface area contributed by atoms with Gasteiger partial charge in [-0.15, -0.1) is 0 Å². The van der Waals surface area contributed by atoms with Crippen molar-refractivity contribution in [3.05, 3.63) is 58.0 Å². The van der Waals surface area contributed by atoms with Crippen molar-refractivity contribution in [3.63, 3.8) is 0 Å². The number of allylic oxidation sites excluding steroid dienone is 3. The Hall–Kier alpha value is -2.49. The van der Waals surface area contributed by atoms with E-state index in [2.05, 4.69) is 32.9 Å². The Kier molecular flexibility index (Phi) is 6.24. The molecule has 0 N–H and O–H groups in total. The number of hydrogen-bond acceptors (Lipinski definition) is 4. The molecule has 0 spiro atoms. The number of rotatable bonds is 7. The third-order valence-electron chi connectivity index (χ3n) is 3.67. The van der Waals surface area contributed by atoms with Crippen LogP contribution in [0.15, 0.2) is 56.8 Å². The molecule has 0 aliphatic heterocycles. The van der Waals surface area contributed by atoms with E-state index < -0.39 is 5.63 Å². The first-order valence-electron chi connectivity index (χ1n) is 8.04. The lowest BCUT2D eigenvalue weighted by Gasteiger charge is -2.11. The van der Waals surface area contributed by atoms with Crippen molar-refractivity contribution in [1.82, 2.24) is 0 Å². The first kappa shape index (κ1) is 17.9. The molecule has 4 nitrogen and oxygen atoms in total. The topological polar surface area (TPSA) is 48.7 Å². The molecule has 0 atom stereocenters. The zero-order valence-corrected chi connectivity index (χ0v) is 14.7. The maximum absolute atomic E-state index is 11.4. The molecule has 0 saturated carbocycles. The maximum Gasteiger partial charge on any atom is 0.336 e. The van der Waals surface area contributed by atoms with Crippen LogP contribution >= 0.6 is 0 Å². The van der Waals surface area contributed by atoms with E-state index >= 15 is 0 Å². The molecule has 128 valence electrons. The molecule has 24 heavy (non-hydrogen) atoms. The highest BCUT2D eigenvalue weighted by Crippen LogP contribution is 2.34. The third kappa shape index (κ3) is 4.75. The van der Waals surface area contributed by atoms with E-state index in [9.17, 15) is 4.79 Å². The highest BCUT2D eigenvalue weighted by atomic mass is 16.5. The summed E-state index contributed by atoms with van der Waals surface area (Å²) in [7, 11) is 1.54. The van der Waals surface area contributed by atoms with Gasteiger partial charge in [0, 0.05) is 11.5 Å².